The number of carbonyl (C=O) groups excluding carboxylic acids is 1. The lowest BCUT2D eigenvalue weighted by atomic mass is 9.96. The van der Waals surface area contributed by atoms with Crippen molar-refractivity contribution in [1.29, 1.82) is 0 Å². The number of carbonyl (C=O) groups is 1. The SMILES string of the molecule is CC/C=C\C/C=C\C/C=C\C/C=C\C/C=C\C/C=C\C/C=C\CCCCCCCCCCCCCCCCCC(=O)NC(COC1OC(CO)C(OC2OC(CO)C(OC3OC(CO)C(O)C(O)C3O)C(O)C2O)C(O)C1O)C(O)/C=C/CC/C=C/CCCCCCCCCCCCCCCCCC. The fraction of sp³-hybridized carbons (Fsp3) is 0.776. The van der Waals surface area contributed by atoms with E-state index in [0.717, 1.165) is 89.9 Å². The maximum Gasteiger partial charge on any atom is 0.220 e. The van der Waals surface area contributed by atoms with E-state index in [2.05, 4.69) is 116 Å². The molecule has 3 rings (SSSR count). The number of nitrogens with one attached hydrogen (secondary N) is 1. The zero-order valence-corrected chi connectivity index (χ0v) is 64.2. The Bertz CT molecular complexity index is 2300. The molecule has 0 aromatic carbocycles. The largest absolute Gasteiger partial charge is 0.394 e. The van der Waals surface area contributed by atoms with Crippen LogP contribution in [-0.2, 0) is 33.2 Å². The summed E-state index contributed by atoms with van der Waals surface area (Å²) < 4.78 is 34.4. The summed E-state index contributed by atoms with van der Waals surface area (Å²) in [5.41, 5.74) is 0. The molecule has 0 spiro atoms. The molecule has 3 fully saturated rings. The molecule has 3 saturated heterocycles. The van der Waals surface area contributed by atoms with Crippen molar-refractivity contribution < 1.29 is 89.4 Å². The molecule has 104 heavy (non-hydrogen) atoms. The van der Waals surface area contributed by atoms with E-state index in [4.69, 9.17) is 28.4 Å². The molecule has 600 valence electrons. The molecule has 3 heterocycles. The van der Waals surface area contributed by atoms with Gasteiger partial charge in [0.15, 0.2) is 18.9 Å². The fourth-order valence-electron chi connectivity index (χ4n) is 13.2. The van der Waals surface area contributed by atoms with Crippen molar-refractivity contribution in [2.45, 2.75) is 394 Å². The number of amides is 1. The summed E-state index contributed by atoms with van der Waals surface area (Å²) in [6, 6.07) is -0.997. The van der Waals surface area contributed by atoms with Gasteiger partial charge in [0.25, 0.3) is 0 Å². The Kier molecular flexibility index (Phi) is 58.5. The van der Waals surface area contributed by atoms with Gasteiger partial charge in [0.2, 0.25) is 5.91 Å². The van der Waals surface area contributed by atoms with Gasteiger partial charge < -0.3 is 89.9 Å². The second-order valence-electron chi connectivity index (χ2n) is 28.8. The molecule has 17 atom stereocenters. The minimum absolute atomic E-state index is 0.230. The van der Waals surface area contributed by atoms with Gasteiger partial charge in [-0.25, -0.2) is 0 Å². The van der Waals surface area contributed by atoms with E-state index in [-0.39, 0.29) is 18.9 Å². The maximum absolute atomic E-state index is 13.5. The Labute approximate surface area is 627 Å². The predicted molar refractivity (Wildman–Crippen MR) is 415 cm³/mol. The molecule has 0 bridgehead atoms. The van der Waals surface area contributed by atoms with Gasteiger partial charge in [-0.3, -0.25) is 4.79 Å². The Hall–Kier alpha value is -3.55. The van der Waals surface area contributed by atoms with Crippen molar-refractivity contribution in [3.05, 3.63) is 109 Å². The summed E-state index contributed by atoms with van der Waals surface area (Å²) in [4.78, 5) is 13.5. The third kappa shape index (κ3) is 43.6. The number of unbranched alkanes of at least 4 members (excludes halogenated alkanes) is 32. The van der Waals surface area contributed by atoms with Crippen molar-refractivity contribution in [3.8, 4) is 0 Å². The Morgan fingerprint density at radius 1 is 0.356 bits per heavy atom. The van der Waals surface area contributed by atoms with Crippen LogP contribution in [0.1, 0.15) is 290 Å². The standard InChI is InChI=1S/C85H147NO18/c1-3-5-7-9-11-13-15-17-19-21-23-25-27-28-29-30-31-32-33-34-35-36-37-38-39-40-41-43-45-47-49-51-53-55-57-59-61-63-73(91)86-68(69(90)62-60-58-56-54-52-50-48-46-44-42-26-24-22-20-18-16-14-12-10-8-6-4-2)67-99-83-79(97)76(94)81(71(65-88)101-83)104-85-80(98)77(95)82(72(66-89)102-85)103-84-78(96)75(93)74(92)70(64-87)100-84/h5,7,11,13,17,19,23,25,28-29,31-32,34-35,52,54,60,62,68-72,74-85,87-90,92-98H,3-4,6,8-10,12,14-16,18,20-22,24,26-27,30,33,36-51,53,55-59,61,63-67H2,1-2H3,(H,86,91)/b7-5-,13-11-,19-17-,25-23-,29-28-,32-31-,35-34-,54-52+,62-60+. The van der Waals surface area contributed by atoms with Crippen LogP contribution in [0.5, 0.6) is 0 Å². The number of hydrogen-bond donors (Lipinski definition) is 12. The van der Waals surface area contributed by atoms with Crippen LogP contribution in [0.3, 0.4) is 0 Å². The summed E-state index contributed by atoms with van der Waals surface area (Å²) in [5.74, 6) is -0.286. The molecule has 12 N–H and O–H groups in total. The molecule has 1 amide bonds. The summed E-state index contributed by atoms with van der Waals surface area (Å²) in [7, 11) is 0. The van der Waals surface area contributed by atoms with Crippen LogP contribution in [0.25, 0.3) is 0 Å². The summed E-state index contributed by atoms with van der Waals surface area (Å²) in [6.07, 6.45) is 62.2. The molecule has 0 aliphatic carbocycles. The first-order valence-electron chi connectivity index (χ1n) is 41.1. The van der Waals surface area contributed by atoms with Crippen molar-refractivity contribution in [3.63, 3.8) is 0 Å². The highest BCUT2D eigenvalue weighted by atomic mass is 16.8. The van der Waals surface area contributed by atoms with E-state index < -0.39 is 124 Å². The van der Waals surface area contributed by atoms with Crippen LogP contribution in [-0.4, -0.2) is 193 Å². The van der Waals surface area contributed by atoms with E-state index in [1.807, 2.05) is 6.08 Å². The van der Waals surface area contributed by atoms with Crippen LogP contribution in [0.4, 0.5) is 0 Å². The van der Waals surface area contributed by atoms with E-state index in [1.165, 1.54) is 167 Å². The van der Waals surface area contributed by atoms with Gasteiger partial charge in [-0.1, -0.05) is 303 Å². The molecule has 0 aromatic rings. The first-order chi connectivity index (χ1) is 50.8. The van der Waals surface area contributed by atoms with E-state index >= 15 is 0 Å². The van der Waals surface area contributed by atoms with Gasteiger partial charge in [-0.2, -0.15) is 0 Å². The Balaban J connectivity index is 1.35. The highest BCUT2D eigenvalue weighted by Crippen LogP contribution is 2.33. The highest BCUT2D eigenvalue weighted by molar-refractivity contribution is 5.76. The molecule has 19 heteroatoms. The van der Waals surface area contributed by atoms with Crippen molar-refractivity contribution in [2.24, 2.45) is 0 Å². The fourth-order valence-corrected chi connectivity index (χ4v) is 13.2. The van der Waals surface area contributed by atoms with Crippen molar-refractivity contribution in [2.75, 3.05) is 26.4 Å². The van der Waals surface area contributed by atoms with Gasteiger partial charge in [0.05, 0.1) is 38.6 Å². The van der Waals surface area contributed by atoms with Crippen molar-refractivity contribution >= 4 is 5.91 Å². The van der Waals surface area contributed by atoms with Gasteiger partial charge in [0, 0.05) is 6.42 Å². The normalized spacial score (nSPS) is 26.5. The second-order valence-corrected chi connectivity index (χ2v) is 28.8. The second kappa shape index (κ2) is 64.3. The number of aliphatic hydroxyl groups is 11. The Morgan fingerprint density at radius 3 is 1.08 bits per heavy atom. The molecule has 0 aromatic heterocycles. The number of aliphatic hydroxyl groups excluding tert-OH is 11. The van der Waals surface area contributed by atoms with Crippen LogP contribution in [0.2, 0.25) is 0 Å². The zero-order chi connectivity index (χ0) is 75.3. The highest BCUT2D eigenvalue weighted by Gasteiger charge is 2.54. The maximum atomic E-state index is 13.5. The molecule has 17 unspecified atom stereocenters. The average Bonchev–Trinajstić information content (AvgIpc) is 0.783. The lowest BCUT2D eigenvalue weighted by Crippen LogP contribution is -2.66. The van der Waals surface area contributed by atoms with E-state index in [1.54, 1.807) is 6.08 Å². The van der Waals surface area contributed by atoms with Gasteiger partial charge in [-0.05, 0) is 89.9 Å². The molecule has 19 nitrogen and oxygen atoms in total. The minimum Gasteiger partial charge on any atom is -0.394 e. The number of allylic oxidation sites excluding steroid dienone is 17. The smallest absolute Gasteiger partial charge is 0.220 e. The summed E-state index contributed by atoms with van der Waals surface area (Å²) in [6.45, 7) is 1.62. The van der Waals surface area contributed by atoms with Crippen LogP contribution in [0.15, 0.2) is 109 Å². The first kappa shape index (κ1) is 94.7. The number of ether oxygens (including phenoxy) is 6. The third-order valence-corrected chi connectivity index (χ3v) is 19.8. The van der Waals surface area contributed by atoms with Crippen LogP contribution < -0.4 is 5.32 Å². The first-order valence-corrected chi connectivity index (χ1v) is 41.1. The van der Waals surface area contributed by atoms with Gasteiger partial charge >= 0.3 is 0 Å². The zero-order valence-electron chi connectivity index (χ0n) is 64.2. The molecular weight excluding hydrogens is 1320 g/mol. The lowest BCUT2D eigenvalue weighted by Gasteiger charge is -2.48. The summed E-state index contributed by atoms with van der Waals surface area (Å²) in [5, 5.41) is 121. The van der Waals surface area contributed by atoms with E-state index in [9.17, 15) is 61.0 Å². The van der Waals surface area contributed by atoms with E-state index in [0.29, 0.717) is 12.8 Å². The quantitative estimate of drug-likeness (QED) is 0.0199. The number of hydrogen-bond acceptors (Lipinski definition) is 18. The lowest BCUT2D eigenvalue weighted by molar-refractivity contribution is -0.379. The molecular formula is C85H147NO18. The van der Waals surface area contributed by atoms with Crippen LogP contribution in [0, 0.1) is 0 Å². The Morgan fingerprint density at radius 2 is 0.673 bits per heavy atom. The average molecular weight is 1470 g/mol. The van der Waals surface area contributed by atoms with Gasteiger partial charge in [0.1, 0.15) is 73.2 Å². The predicted octanol–water partition coefficient (Wildman–Crippen LogP) is 14.1. The molecule has 3 aliphatic rings. The molecule has 0 saturated carbocycles. The van der Waals surface area contributed by atoms with Crippen molar-refractivity contribution in [1.82, 2.24) is 5.32 Å². The van der Waals surface area contributed by atoms with Crippen LogP contribution >= 0.6 is 0 Å². The topological polar surface area (TPSA) is 307 Å². The summed E-state index contributed by atoms with van der Waals surface area (Å²) >= 11 is 0. The van der Waals surface area contributed by atoms with Gasteiger partial charge in [-0.15, -0.1) is 0 Å². The molecule has 3 aliphatic heterocycles. The monoisotopic (exact) mass is 1470 g/mol. The minimum atomic E-state index is -1.99. The number of rotatable bonds is 64. The third-order valence-electron chi connectivity index (χ3n) is 19.8. The molecule has 0 radical (unpaired) electrons.